The predicted octanol–water partition coefficient (Wildman–Crippen LogP) is 3.79. The van der Waals surface area contributed by atoms with E-state index in [1.54, 1.807) is 6.07 Å². The topological polar surface area (TPSA) is 103 Å². The highest BCUT2D eigenvalue weighted by Crippen LogP contribution is 2.33. The van der Waals surface area contributed by atoms with Crippen molar-refractivity contribution in [2.45, 2.75) is 25.3 Å². The lowest BCUT2D eigenvalue weighted by Gasteiger charge is -2.39. The van der Waals surface area contributed by atoms with Crippen molar-refractivity contribution in [3.05, 3.63) is 77.2 Å². The third-order valence-electron chi connectivity index (χ3n) is 6.31. The Bertz CT molecular complexity index is 1330. The van der Waals surface area contributed by atoms with Crippen molar-refractivity contribution >= 4 is 16.9 Å². The summed E-state index contributed by atoms with van der Waals surface area (Å²) in [5.74, 6) is -1.07. The Morgan fingerprint density at radius 2 is 1.88 bits per heavy atom. The highest BCUT2D eigenvalue weighted by molar-refractivity contribution is 6.07. The number of phenolic OH excluding ortho intramolecular Hbond substituents is 1. The van der Waals surface area contributed by atoms with Crippen LogP contribution < -0.4 is 10.6 Å². The van der Waals surface area contributed by atoms with E-state index in [4.69, 9.17) is 0 Å². The smallest absolute Gasteiger partial charge is 0.252 e. The van der Waals surface area contributed by atoms with Gasteiger partial charge in [-0.05, 0) is 56.6 Å². The third-order valence-corrected chi connectivity index (χ3v) is 6.31. The number of H-pyrrole nitrogens is 1. The number of phenols is 1. The minimum absolute atomic E-state index is 0.179. The second-order valence-corrected chi connectivity index (χ2v) is 8.42. The van der Waals surface area contributed by atoms with Crippen LogP contribution in [0.3, 0.4) is 0 Å². The van der Waals surface area contributed by atoms with Gasteiger partial charge in [-0.1, -0.05) is 30.3 Å². The van der Waals surface area contributed by atoms with Crippen LogP contribution in [0.2, 0.25) is 0 Å². The summed E-state index contributed by atoms with van der Waals surface area (Å²) >= 11 is 0. The number of nitrogens with one attached hydrogen (secondary N) is 3. The minimum Gasteiger partial charge on any atom is -0.508 e. The van der Waals surface area contributed by atoms with Gasteiger partial charge in [-0.3, -0.25) is 9.89 Å². The van der Waals surface area contributed by atoms with Crippen molar-refractivity contribution < 1.29 is 14.3 Å². The van der Waals surface area contributed by atoms with Gasteiger partial charge in [-0.25, -0.2) is 9.37 Å². The van der Waals surface area contributed by atoms with E-state index in [-0.39, 0.29) is 22.9 Å². The molecule has 33 heavy (non-hydrogen) atoms. The van der Waals surface area contributed by atoms with Crippen LogP contribution >= 0.6 is 0 Å². The number of rotatable bonds is 4. The first kappa shape index (κ1) is 21.1. The number of aromatic hydroxyl groups is 1. The van der Waals surface area contributed by atoms with Crippen LogP contribution in [0.15, 0.2) is 54.6 Å². The molecule has 168 valence electrons. The predicted molar refractivity (Wildman–Crippen MR) is 123 cm³/mol. The second kappa shape index (κ2) is 8.29. The van der Waals surface area contributed by atoms with Crippen LogP contribution in [0.4, 0.5) is 4.39 Å². The molecule has 0 saturated carbocycles. The third kappa shape index (κ3) is 3.82. The zero-order valence-electron chi connectivity index (χ0n) is 18.2. The van der Waals surface area contributed by atoms with Gasteiger partial charge in [-0.15, -0.1) is 0 Å². The summed E-state index contributed by atoms with van der Waals surface area (Å²) in [6, 6.07) is 15.4. The van der Waals surface area contributed by atoms with E-state index < -0.39 is 11.4 Å². The molecule has 2 aromatic carbocycles. The number of carbonyl (C=O) groups is 1. The van der Waals surface area contributed by atoms with E-state index in [1.165, 1.54) is 12.1 Å². The highest BCUT2D eigenvalue weighted by Gasteiger charge is 2.36. The molecule has 1 amide bonds. The normalized spacial score (nSPS) is 15.5. The lowest BCUT2D eigenvalue weighted by molar-refractivity contribution is 0.0874. The van der Waals surface area contributed by atoms with Crippen LogP contribution in [0, 0.1) is 12.7 Å². The van der Waals surface area contributed by atoms with Crippen LogP contribution in [-0.2, 0) is 5.54 Å². The number of hydrogen-bond acceptors (Lipinski definition) is 5. The lowest BCUT2D eigenvalue weighted by atomic mass is 9.81. The number of amides is 1. The van der Waals surface area contributed by atoms with Crippen molar-refractivity contribution in [1.29, 1.82) is 0 Å². The number of benzene rings is 2. The number of carbonyl (C=O) groups excluding carboxylic acids is 1. The number of aryl methyl sites for hydroxylation is 1. The lowest BCUT2D eigenvalue weighted by Crippen LogP contribution is -2.52. The van der Waals surface area contributed by atoms with Crippen molar-refractivity contribution in [3.63, 3.8) is 0 Å². The van der Waals surface area contributed by atoms with Crippen molar-refractivity contribution in [3.8, 4) is 17.0 Å². The molecule has 7 nitrogen and oxygen atoms in total. The fourth-order valence-corrected chi connectivity index (χ4v) is 4.58. The number of halogens is 1. The number of piperidine rings is 1. The van der Waals surface area contributed by atoms with E-state index in [0.29, 0.717) is 22.3 Å². The van der Waals surface area contributed by atoms with Crippen molar-refractivity contribution in [2.75, 3.05) is 13.1 Å². The maximum Gasteiger partial charge on any atom is 0.252 e. The fourth-order valence-electron chi connectivity index (χ4n) is 4.58. The summed E-state index contributed by atoms with van der Waals surface area (Å²) in [5.41, 5.74) is 2.42. The second-order valence-electron chi connectivity index (χ2n) is 8.42. The Hall–Kier alpha value is -3.78. The van der Waals surface area contributed by atoms with E-state index in [0.717, 1.165) is 37.6 Å². The summed E-state index contributed by atoms with van der Waals surface area (Å²) in [7, 11) is 0. The van der Waals surface area contributed by atoms with Gasteiger partial charge in [0.05, 0.1) is 22.2 Å². The summed E-state index contributed by atoms with van der Waals surface area (Å²) in [6.07, 6.45) is 1.50. The summed E-state index contributed by atoms with van der Waals surface area (Å²) in [5, 5.41) is 23.9. The van der Waals surface area contributed by atoms with Gasteiger partial charge in [-0.2, -0.15) is 5.10 Å². The quantitative estimate of drug-likeness (QED) is 0.383. The molecular weight excluding hydrogens is 421 g/mol. The molecule has 0 bridgehead atoms. The molecule has 0 aliphatic carbocycles. The molecule has 8 heteroatoms. The first-order valence-corrected chi connectivity index (χ1v) is 10.9. The minimum atomic E-state index is -0.625. The van der Waals surface area contributed by atoms with E-state index >= 15 is 0 Å². The van der Waals surface area contributed by atoms with Gasteiger partial charge < -0.3 is 15.7 Å². The molecule has 1 fully saturated rings. The van der Waals surface area contributed by atoms with Crippen LogP contribution in [-0.4, -0.2) is 39.3 Å². The first-order chi connectivity index (χ1) is 16.0. The number of nitrogens with zero attached hydrogens (tertiary/aromatic N) is 2. The number of pyridine rings is 1. The van der Waals surface area contributed by atoms with Crippen LogP contribution in [0.5, 0.6) is 5.75 Å². The zero-order chi connectivity index (χ0) is 23.0. The number of aromatic amines is 1. The Kier molecular flexibility index (Phi) is 5.30. The molecule has 1 aliphatic heterocycles. The number of hydrogen-bond donors (Lipinski definition) is 4. The standard InChI is InChI=1S/C25H24FN5O2/c1-15-22-19(14-21(28-23(22)31-30-15)18-8-7-17(32)13-20(18)26)24(33)29-25(9-11-27-12-10-25)16-5-3-2-4-6-16/h2-8,13-14,27,32H,9-12H2,1H3,(H,29,33)(H,28,30,31). The molecule has 4 aromatic rings. The SMILES string of the molecule is Cc1[nH]nc2nc(-c3ccc(O)cc3F)cc(C(=O)NC3(c4ccccc4)CCNCC3)c12. The molecule has 3 heterocycles. The molecule has 4 N–H and O–H groups in total. The molecule has 5 rings (SSSR count). The van der Waals surface area contributed by atoms with Crippen molar-refractivity contribution in [2.24, 2.45) is 0 Å². The van der Waals surface area contributed by atoms with Crippen LogP contribution in [0.1, 0.15) is 34.5 Å². The number of aromatic nitrogens is 3. The van der Waals surface area contributed by atoms with Crippen molar-refractivity contribution in [1.82, 2.24) is 25.8 Å². The summed E-state index contributed by atoms with van der Waals surface area (Å²) in [4.78, 5) is 18.2. The van der Waals surface area contributed by atoms with Gasteiger partial charge in [0.15, 0.2) is 5.65 Å². The number of fused-ring (bicyclic) bond motifs is 1. The average molecular weight is 445 g/mol. The monoisotopic (exact) mass is 445 g/mol. The van der Waals surface area contributed by atoms with Gasteiger partial charge in [0, 0.05) is 17.3 Å². The summed E-state index contributed by atoms with van der Waals surface area (Å²) < 4.78 is 14.6. The highest BCUT2D eigenvalue weighted by atomic mass is 19.1. The molecule has 0 atom stereocenters. The van der Waals surface area contributed by atoms with Gasteiger partial charge in [0.1, 0.15) is 11.6 Å². The Balaban J connectivity index is 1.61. The fraction of sp³-hybridized carbons (Fsp3) is 0.240. The molecule has 0 spiro atoms. The molecule has 1 saturated heterocycles. The zero-order valence-corrected chi connectivity index (χ0v) is 18.2. The van der Waals surface area contributed by atoms with E-state index in [2.05, 4.69) is 25.8 Å². The molecular formula is C25H24FN5O2. The maximum absolute atomic E-state index is 14.6. The largest absolute Gasteiger partial charge is 0.508 e. The maximum atomic E-state index is 14.6. The first-order valence-electron chi connectivity index (χ1n) is 10.9. The molecule has 2 aromatic heterocycles. The van der Waals surface area contributed by atoms with Crippen LogP contribution in [0.25, 0.3) is 22.3 Å². The van der Waals surface area contributed by atoms with Gasteiger partial charge >= 0.3 is 0 Å². The molecule has 0 unspecified atom stereocenters. The Labute approximate surface area is 190 Å². The Morgan fingerprint density at radius 1 is 1.12 bits per heavy atom. The van der Waals surface area contributed by atoms with Gasteiger partial charge in [0.25, 0.3) is 5.91 Å². The summed E-state index contributed by atoms with van der Waals surface area (Å²) in [6.45, 7) is 3.40. The molecule has 1 aliphatic rings. The van der Waals surface area contributed by atoms with Gasteiger partial charge in [0.2, 0.25) is 0 Å². The van der Waals surface area contributed by atoms with E-state index in [1.807, 2.05) is 37.3 Å². The molecule has 0 radical (unpaired) electrons. The Morgan fingerprint density at radius 3 is 2.61 bits per heavy atom. The van der Waals surface area contributed by atoms with E-state index in [9.17, 15) is 14.3 Å². The average Bonchev–Trinajstić information content (AvgIpc) is 3.20.